The van der Waals surface area contributed by atoms with Gasteiger partial charge >= 0.3 is 11.8 Å². The fraction of sp³-hybridized carbons (Fsp3) is 0.857. The van der Waals surface area contributed by atoms with Gasteiger partial charge in [-0.15, -0.1) is 0 Å². The minimum atomic E-state index is -0.540. The summed E-state index contributed by atoms with van der Waals surface area (Å²) in [5.41, 5.74) is 0. The van der Waals surface area contributed by atoms with Crippen molar-refractivity contribution in [2.24, 2.45) is 5.92 Å². The summed E-state index contributed by atoms with van der Waals surface area (Å²) in [5.74, 6) is -0.599. The third-order valence-corrected chi connectivity index (χ3v) is 3.75. The molecule has 1 fully saturated rings. The molecule has 0 aliphatic heterocycles. The highest BCUT2D eigenvalue weighted by Crippen LogP contribution is 2.23. The molecular formula is C14H26N2O3. The van der Waals surface area contributed by atoms with E-state index in [0.29, 0.717) is 12.5 Å². The number of unbranched alkanes of at least 4 members (excludes halogenated alkanes) is 2. The molecular weight excluding hydrogens is 244 g/mol. The van der Waals surface area contributed by atoms with Crippen LogP contribution in [0.25, 0.3) is 0 Å². The Balaban J connectivity index is 2.19. The molecule has 0 heterocycles. The van der Waals surface area contributed by atoms with Crippen molar-refractivity contribution in [3.63, 3.8) is 0 Å². The number of amides is 2. The van der Waals surface area contributed by atoms with E-state index < -0.39 is 11.8 Å². The van der Waals surface area contributed by atoms with Crippen LogP contribution in [0.4, 0.5) is 0 Å². The van der Waals surface area contributed by atoms with Crippen molar-refractivity contribution in [1.29, 1.82) is 0 Å². The summed E-state index contributed by atoms with van der Waals surface area (Å²) in [6.45, 7) is 2.79. The lowest BCUT2D eigenvalue weighted by atomic mass is 9.86. The van der Waals surface area contributed by atoms with Gasteiger partial charge in [-0.25, -0.2) is 0 Å². The molecule has 1 rings (SSSR count). The zero-order chi connectivity index (χ0) is 14.1. The molecule has 2 atom stereocenters. The number of rotatable bonds is 6. The molecule has 1 aliphatic carbocycles. The summed E-state index contributed by atoms with van der Waals surface area (Å²) in [6, 6.07) is 0.140. The van der Waals surface area contributed by atoms with Crippen LogP contribution < -0.4 is 10.6 Å². The molecule has 0 bridgehead atoms. The summed E-state index contributed by atoms with van der Waals surface area (Å²) in [5, 5.41) is 14.1. The second-order valence-corrected chi connectivity index (χ2v) is 5.38. The minimum Gasteiger partial charge on any atom is -0.396 e. The quantitative estimate of drug-likeness (QED) is 0.497. The SMILES string of the molecule is C[C@@H]1CCCC[C@H]1NC(=O)C(=O)NCCCCCO. The summed E-state index contributed by atoms with van der Waals surface area (Å²) in [6.07, 6.45) is 6.81. The van der Waals surface area contributed by atoms with Crippen molar-refractivity contribution >= 4 is 11.8 Å². The summed E-state index contributed by atoms with van der Waals surface area (Å²) < 4.78 is 0. The molecule has 110 valence electrons. The third-order valence-electron chi connectivity index (χ3n) is 3.75. The van der Waals surface area contributed by atoms with Crippen molar-refractivity contribution in [2.45, 2.75) is 57.9 Å². The predicted molar refractivity (Wildman–Crippen MR) is 73.5 cm³/mol. The Kier molecular flexibility index (Phi) is 7.48. The maximum absolute atomic E-state index is 11.7. The van der Waals surface area contributed by atoms with Crippen molar-refractivity contribution < 1.29 is 14.7 Å². The standard InChI is InChI=1S/C14H26N2O3/c1-11-7-3-4-8-12(11)16-14(19)13(18)15-9-5-2-6-10-17/h11-12,17H,2-10H2,1H3,(H,15,18)(H,16,19)/t11-,12-/m1/s1. The van der Waals surface area contributed by atoms with Crippen molar-refractivity contribution in [2.75, 3.05) is 13.2 Å². The van der Waals surface area contributed by atoms with E-state index in [4.69, 9.17) is 5.11 Å². The van der Waals surface area contributed by atoms with E-state index in [9.17, 15) is 9.59 Å². The first-order valence-electron chi connectivity index (χ1n) is 7.34. The van der Waals surface area contributed by atoms with Gasteiger partial charge in [0.25, 0.3) is 0 Å². The molecule has 0 spiro atoms. The Bertz CT molecular complexity index is 294. The number of aliphatic hydroxyl groups is 1. The number of nitrogens with one attached hydrogen (secondary N) is 2. The second kappa shape index (κ2) is 8.91. The van der Waals surface area contributed by atoms with Crippen molar-refractivity contribution in [3.8, 4) is 0 Å². The lowest BCUT2D eigenvalue weighted by Gasteiger charge is -2.29. The Labute approximate surface area is 115 Å². The molecule has 0 unspecified atom stereocenters. The van der Waals surface area contributed by atoms with Gasteiger partial charge in [-0.05, 0) is 38.0 Å². The first kappa shape index (κ1) is 16.0. The van der Waals surface area contributed by atoms with E-state index in [0.717, 1.165) is 38.5 Å². The molecule has 0 aromatic carbocycles. The fourth-order valence-electron chi connectivity index (χ4n) is 2.46. The third kappa shape index (κ3) is 6.05. The number of aliphatic hydroxyl groups excluding tert-OH is 1. The van der Waals surface area contributed by atoms with Gasteiger partial charge in [-0.2, -0.15) is 0 Å². The van der Waals surface area contributed by atoms with E-state index in [-0.39, 0.29) is 12.6 Å². The monoisotopic (exact) mass is 270 g/mol. The molecule has 0 aromatic heterocycles. The van der Waals surface area contributed by atoms with E-state index in [1.165, 1.54) is 6.42 Å². The summed E-state index contributed by atoms with van der Waals surface area (Å²) >= 11 is 0. The molecule has 2 amide bonds. The second-order valence-electron chi connectivity index (χ2n) is 5.38. The molecule has 1 saturated carbocycles. The first-order valence-corrected chi connectivity index (χ1v) is 7.34. The normalized spacial score (nSPS) is 22.8. The smallest absolute Gasteiger partial charge is 0.309 e. The van der Waals surface area contributed by atoms with Gasteiger partial charge in [-0.3, -0.25) is 9.59 Å². The average Bonchev–Trinajstić information content (AvgIpc) is 2.41. The van der Waals surface area contributed by atoms with Gasteiger partial charge in [0, 0.05) is 19.2 Å². The lowest BCUT2D eigenvalue weighted by molar-refractivity contribution is -0.140. The van der Waals surface area contributed by atoms with Gasteiger partial charge in [0.2, 0.25) is 0 Å². The Morgan fingerprint density at radius 2 is 1.84 bits per heavy atom. The molecule has 5 nitrogen and oxygen atoms in total. The van der Waals surface area contributed by atoms with Gasteiger partial charge in [0.1, 0.15) is 0 Å². The molecule has 3 N–H and O–H groups in total. The number of hydrogen-bond acceptors (Lipinski definition) is 3. The molecule has 0 saturated heterocycles. The average molecular weight is 270 g/mol. The van der Waals surface area contributed by atoms with Crippen LogP contribution in [0.15, 0.2) is 0 Å². The van der Waals surface area contributed by atoms with Crippen LogP contribution in [0, 0.1) is 5.92 Å². The Hall–Kier alpha value is -1.10. The van der Waals surface area contributed by atoms with E-state index in [1.54, 1.807) is 0 Å². The molecule has 19 heavy (non-hydrogen) atoms. The largest absolute Gasteiger partial charge is 0.396 e. The highest BCUT2D eigenvalue weighted by Gasteiger charge is 2.25. The Morgan fingerprint density at radius 1 is 1.11 bits per heavy atom. The number of carbonyl (C=O) groups is 2. The first-order chi connectivity index (χ1) is 9.15. The van der Waals surface area contributed by atoms with Crippen LogP contribution in [-0.2, 0) is 9.59 Å². The van der Waals surface area contributed by atoms with E-state index >= 15 is 0 Å². The van der Waals surface area contributed by atoms with E-state index in [1.807, 2.05) is 0 Å². The number of carbonyl (C=O) groups excluding carboxylic acids is 2. The molecule has 0 aromatic rings. The van der Waals surface area contributed by atoms with Crippen LogP contribution in [0.3, 0.4) is 0 Å². The highest BCUT2D eigenvalue weighted by atomic mass is 16.3. The molecule has 5 heteroatoms. The zero-order valence-electron chi connectivity index (χ0n) is 11.8. The van der Waals surface area contributed by atoms with Crippen LogP contribution in [0.5, 0.6) is 0 Å². The maximum atomic E-state index is 11.7. The van der Waals surface area contributed by atoms with Gasteiger partial charge in [0.05, 0.1) is 0 Å². The fourth-order valence-corrected chi connectivity index (χ4v) is 2.46. The summed E-state index contributed by atoms with van der Waals surface area (Å²) in [4.78, 5) is 23.3. The maximum Gasteiger partial charge on any atom is 0.309 e. The van der Waals surface area contributed by atoms with E-state index in [2.05, 4.69) is 17.6 Å². The van der Waals surface area contributed by atoms with Gasteiger partial charge in [0.15, 0.2) is 0 Å². The Morgan fingerprint density at radius 3 is 2.53 bits per heavy atom. The number of hydrogen-bond donors (Lipinski definition) is 3. The van der Waals surface area contributed by atoms with Crippen LogP contribution in [0.1, 0.15) is 51.9 Å². The predicted octanol–water partition coefficient (Wildman–Crippen LogP) is 0.960. The van der Waals surface area contributed by atoms with Crippen molar-refractivity contribution in [3.05, 3.63) is 0 Å². The lowest BCUT2D eigenvalue weighted by Crippen LogP contribution is -2.47. The topological polar surface area (TPSA) is 78.4 Å². The summed E-state index contributed by atoms with van der Waals surface area (Å²) in [7, 11) is 0. The van der Waals surface area contributed by atoms with Crippen molar-refractivity contribution in [1.82, 2.24) is 10.6 Å². The molecule has 1 aliphatic rings. The van der Waals surface area contributed by atoms with Gasteiger partial charge in [-0.1, -0.05) is 19.8 Å². The van der Waals surface area contributed by atoms with Crippen LogP contribution in [0.2, 0.25) is 0 Å². The van der Waals surface area contributed by atoms with Crippen LogP contribution in [-0.4, -0.2) is 36.1 Å². The highest BCUT2D eigenvalue weighted by molar-refractivity contribution is 6.35. The zero-order valence-corrected chi connectivity index (χ0v) is 11.8. The van der Waals surface area contributed by atoms with Gasteiger partial charge < -0.3 is 15.7 Å². The minimum absolute atomic E-state index is 0.140. The van der Waals surface area contributed by atoms with Crippen LogP contribution >= 0.6 is 0 Å². The molecule has 0 radical (unpaired) electrons.